The Labute approximate surface area is 181 Å². The number of carbonyl (C=O) groups excluding carboxylic acids is 2. The van der Waals surface area contributed by atoms with Gasteiger partial charge in [-0.15, -0.1) is 10.2 Å². The van der Waals surface area contributed by atoms with Crippen molar-refractivity contribution < 1.29 is 9.59 Å². The third-order valence-corrected chi connectivity index (χ3v) is 6.65. The summed E-state index contributed by atoms with van der Waals surface area (Å²) in [6.07, 6.45) is 5.52. The van der Waals surface area contributed by atoms with Gasteiger partial charge in [0, 0.05) is 24.7 Å². The lowest BCUT2D eigenvalue weighted by Crippen LogP contribution is -2.39. The first-order chi connectivity index (χ1) is 14.5. The summed E-state index contributed by atoms with van der Waals surface area (Å²) < 4.78 is 2.25. The first-order valence-electron chi connectivity index (χ1n) is 10.7. The molecule has 2 amide bonds. The van der Waals surface area contributed by atoms with E-state index in [2.05, 4.69) is 27.0 Å². The van der Waals surface area contributed by atoms with E-state index in [0.29, 0.717) is 12.0 Å². The molecule has 30 heavy (non-hydrogen) atoms. The van der Waals surface area contributed by atoms with E-state index < -0.39 is 0 Å². The molecule has 0 unspecified atom stereocenters. The Morgan fingerprint density at radius 1 is 1.23 bits per heavy atom. The van der Waals surface area contributed by atoms with Crippen LogP contribution in [0.2, 0.25) is 0 Å². The number of aromatic nitrogens is 3. The van der Waals surface area contributed by atoms with Gasteiger partial charge in [-0.3, -0.25) is 9.59 Å². The van der Waals surface area contributed by atoms with Crippen molar-refractivity contribution in [2.45, 2.75) is 68.3 Å². The minimum atomic E-state index is -0.334. The molecule has 2 aliphatic rings. The summed E-state index contributed by atoms with van der Waals surface area (Å²) in [7, 11) is 1.67. The average Bonchev–Trinajstić information content (AvgIpc) is 3.66. The van der Waals surface area contributed by atoms with Gasteiger partial charge in [0.25, 0.3) is 0 Å². The van der Waals surface area contributed by atoms with Crippen LogP contribution in [0.5, 0.6) is 0 Å². The fourth-order valence-corrected chi connectivity index (χ4v) is 4.66. The molecule has 1 aromatic carbocycles. The monoisotopic (exact) mass is 427 g/mol. The Bertz CT molecular complexity index is 935. The Morgan fingerprint density at radius 2 is 1.97 bits per heavy atom. The van der Waals surface area contributed by atoms with Crippen LogP contribution in [-0.4, -0.2) is 50.3 Å². The molecule has 4 rings (SSSR count). The molecule has 0 spiro atoms. The van der Waals surface area contributed by atoms with Crippen LogP contribution in [-0.2, 0) is 16.0 Å². The zero-order valence-corrected chi connectivity index (χ0v) is 18.6. The van der Waals surface area contributed by atoms with Gasteiger partial charge < -0.3 is 14.8 Å². The second-order valence-electron chi connectivity index (χ2n) is 8.23. The molecule has 2 aliphatic carbocycles. The predicted octanol–water partition coefficient (Wildman–Crippen LogP) is 3.63. The molecule has 2 saturated carbocycles. The largest absolute Gasteiger partial charge is 0.335 e. The predicted molar refractivity (Wildman–Crippen MR) is 118 cm³/mol. The molecule has 1 aromatic heterocycles. The summed E-state index contributed by atoms with van der Waals surface area (Å²) in [5.74, 6) is 1.34. The minimum absolute atomic E-state index is 0.0183. The number of hydrogen-bond acceptors (Lipinski definition) is 5. The van der Waals surface area contributed by atoms with Crippen molar-refractivity contribution in [2.24, 2.45) is 0 Å². The van der Waals surface area contributed by atoms with Crippen molar-refractivity contribution in [1.82, 2.24) is 19.7 Å². The van der Waals surface area contributed by atoms with Crippen molar-refractivity contribution in [3.8, 4) is 0 Å². The van der Waals surface area contributed by atoms with Gasteiger partial charge in [-0.1, -0.05) is 36.9 Å². The zero-order chi connectivity index (χ0) is 21.3. The Kier molecular flexibility index (Phi) is 6.13. The summed E-state index contributed by atoms with van der Waals surface area (Å²) >= 11 is 1.44. The lowest BCUT2D eigenvalue weighted by Gasteiger charge is -2.21. The van der Waals surface area contributed by atoms with Crippen LogP contribution in [0.1, 0.15) is 62.9 Å². The second-order valence-corrected chi connectivity index (χ2v) is 9.54. The van der Waals surface area contributed by atoms with Crippen molar-refractivity contribution in [3.63, 3.8) is 0 Å². The van der Waals surface area contributed by atoms with Crippen LogP contribution in [0.4, 0.5) is 5.69 Å². The lowest BCUT2D eigenvalue weighted by atomic mass is 10.1. The Morgan fingerprint density at radius 3 is 2.63 bits per heavy atom. The van der Waals surface area contributed by atoms with Crippen LogP contribution in [0.3, 0.4) is 0 Å². The van der Waals surface area contributed by atoms with Crippen LogP contribution in [0, 0.1) is 0 Å². The summed E-state index contributed by atoms with van der Waals surface area (Å²) in [6.45, 7) is 3.94. The van der Waals surface area contributed by atoms with Gasteiger partial charge >= 0.3 is 0 Å². The molecule has 2 fully saturated rings. The molecule has 7 nitrogen and oxygen atoms in total. The van der Waals surface area contributed by atoms with Gasteiger partial charge in [0.2, 0.25) is 11.8 Å². The molecule has 1 atom stereocenters. The second kappa shape index (κ2) is 8.79. The molecular formula is C22H29N5O2S. The van der Waals surface area contributed by atoms with Gasteiger partial charge in [-0.2, -0.15) is 0 Å². The number of anilines is 1. The van der Waals surface area contributed by atoms with Gasteiger partial charge in [0.1, 0.15) is 5.82 Å². The SMILES string of the molecule is CCc1ccccc1NC(=O)CN(C)C(=O)[C@@H](C)Sc1nnc(C2CC2)n1C1CC1. The van der Waals surface area contributed by atoms with Crippen molar-refractivity contribution in [3.05, 3.63) is 35.7 Å². The molecule has 0 bridgehead atoms. The number of aryl methyl sites for hydroxylation is 1. The summed E-state index contributed by atoms with van der Waals surface area (Å²) in [6, 6.07) is 8.23. The van der Waals surface area contributed by atoms with Crippen LogP contribution in [0.25, 0.3) is 0 Å². The number of nitrogens with one attached hydrogen (secondary N) is 1. The third-order valence-electron chi connectivity index (χ3n) is 5.60. The maximum absolute atomic E-state index is 12.9. The van der Waals surface area contributed by atoms with Gasteiger partial charge in [0.15, 0.2) is 5.16 Å². The highest BCUT2D eigenvalue weighted by Crippen LogP contribution is 2.46. The van der Waals surface area contributed by atoms with E-state index in [0.717, 1.165) is 41.5 Å². The third kappa shape index (κ3) is 4.69. The van der Waals surface area contributed by atoms with E-state index in [1.807, 2.05) is 31.2 Å². The average molecular weight is 428 g/mol. The molecule has 160 valence electrons. The van der Waals surface area contributed by atoms with Gasteiger partial charge in [-0.05, 0) is 50.7 Å². The number of thioether (sulfide) groups is 1. The Balaban J connectivity index is 1.35. The normalized spacial score (nSPS) is 16.9. The van der Waals surface area contributed by atoms with E-state index >= 15 is 0 Å². The maximum Gasteiger partial charge on any atom is 0.243 e. The number of rotatable bonds is 9. The lowest BCUT2D eigenvalue weighted by molar-refractivity contribution is -0.132. The molecular weight excluding hydrogens is 398 g/mol. The summed E-state index contributed by atoms with van der Waals surface area (Å²) in [5.41, 5.74) is 1.88. The van der Waals surface area contributed by atoms with Crippen LogP contribution < -0.4 is 5.32 Å². The van der Waals surface area contributed by atoms with Crippen molar-refractivity contribution >= 4 is 29.3 Å². The molecule has 2 aromatic rings. The summed E-state index contributed by atoms with van der Waals surface area (Å²) in [5, 5.41) is 12.2. The van der Waals surface area contributed by atoms with Crippen LogP contribution in [0.15, 0.2) is 29.4 Å². The smallest absolute Gasteiger partial charge is 0.243 e. The maximum atomic E-state index is 12.9. The molecule has 0 aliphatic heterocycles. The molecule has 1 heterocycles. The molecule has 1 N–H and O–H groups in total. The topological polar surface area (TPSA) is 80.1 Å². The highest BCUT2D eigenvalue weighted by atomic mass is 32.2. The highest BCUT2D eigenvalue weighted by molar-refractivity contribution is 8.00. The van der Waals surface area contributed by atoms with Crippen molar-refractivity contribution in [2.75, 3.05) is 18.9 Å². The van der Waals surface area contributed by atoms with Gasteiger partial charge in [0.05, 0.1) is 11.8 Å². The van der Waals surface area contributed by atoms with Crippen molar-refractivity contribution in [1.29, 1.82) is 0 Å². The fraction of sp³-hybridized carbons (Fsp3) is 0.545. The first kappa shape index (κ1) is 20.9. The molecule has 0 saturated heterocycles. The number of benzene rings is 1. The van der Waals surface area contributed by atoms with E-state index in [-0.39, 0.29) is 23.6 Å². The Hall–Kier alpha value is -2.35. The fourth-order valence-electron chi connectivity index (χ4n) is 3.62. The highest BCUT2D eigenvalue weighted by Gasteiger charge is 2.37. The van der Waals surface area contributed by atoms with E-state index in [4.69, 9.17) is 0 Å². The van der Waals surface area contributed by atoms with E-state index in [9.17, 15) is 9.59 Å². The van der Waals surface area contributed by atoms with E-state index in [1.165, 1.54) is 29.5 Å². The zero-order valence-electron chi connectivity index (χ0n) is 17.8. The van der Waals surface area contributed by atoms with Gasteiger partial charge in [-0.25, -0.2) is 0 Å². The standard InChI is InChI=1S/C22H29N5O2S/c1-4-15-7-5-6-8-18(15)23-19(28)13-26(3)21(29)14(2)30-22-25-24-20(16-9-10-16)27(22)17-11-12-17/h5-8,14,16-17H,4,9-13H2,1-3H3,(H,23,28)/t14-/m1/s1. The quantitative estimate of drug-likeness (QED) is 0.618. The number of carbonyl (C=O) groups is 2. The first-order valence-corrected chi connectivity index (χ1v) is 11.6. The summed E-state index contributed by atoms with van der Waals surface area (Å²) in [4.78, 5) is 26.8. The number of amides is 2. The number of hydrogen-bond donors (Lipinski definition) is 1. The minimum Gasteiger partial charge on any atom is -0.335 e. The molecule has 8 heteroatoms. The number of nitrogens with zero attached hydrogens (tertiary/aromatic N) is 4. The number of likely N-dealkylation sites (N-methyl/N-ethyl adjacent to an activating group) is 1. The van der Waals surface area contributed by atoms with Crippen LogP contribution >= 0.6 is 11.8 Å². The number of para-hydroxylation sites is 1. The van der Waals surface area contributed by atoms with E-state index in [1.54, 1.807) is 7.05 Å². The molecule has 0 radical (unpaired) electrons.